The minimum Gasteiger partial charge on any atom is -0.481 e. The number of carboxylic acids is 2. The zero-order chi connectivity index (χ0) is 24.7. The van der Waals surface area contributed by atoms with Gasteiger partial charge < -0.3 is 34.5 Å². The summed E-state index contributed by atoms with van der Waals surface area (Å²) in [4.78, 5) is 59.6. The van der Waals surface area contributed by atoms with Crippen LogP contribution in [-0.4, -0.2) is 81.1 Å². The number of hydrogen-bond acceptors (Lipinski definition) is 10. The molecule has 13 heteroatoms. The second-order valence-corrected chi connectivity index (χ2v) is 4.38. The highest BCUT2D eigenvalue weighted by Crippen LogP contribution is 1.87. The molecule has 0 unspecified atom stereocenters. The van der Waals surface area contributed by atoms with Crippen LogP contribution in [0.5, 0.6) is 0 Å². The number of aliphatic carboxylic acids is 2. The van der Waals surface area contributed by atoms with Crippen molar-refractivity contribution in [1.82, 2.24) is 5.32 Å². The van der Waals surface area contributed by atoms with Crippen molar-refractivity contribution in [2.75, 3.05) is 35.0 Å². The Morgan fingerprint density at radius 2 is 1.20 bits per heavy atom. The number of nitrogens with one attached hydrogen (secondary N) is 1. The molecule has 0 aromatic carbocycles. The fourth-order valence-corrected chi connectivity index (χ4v) is 0.673. The van der Waals surface area contributed by atoms with E-state index in [9.17, 15) is 28.8 Å². The number of amides is 1. The van der Waals surface area contributed by atoms with Crippen LogP contribution in [0, 0.1) is 0 Å². The van der Waals surface area contributed by atoms with Gasteiger partial charge in [-0.05, 0) is 6.92 Å². The molecule has 0 aromatic heterocycles. The van der Waals surface area contributed by atoms with Crippen molar-refractivity contribution in [1.29, 1.82) is 0 Å². The van der Waals surface area contributed by atoms with Gasteiger partial charge in [0.25, 0.3) is 0 Å². The minimum atomic E-state index is -1.17. The lowest BCUT2D eigenvalue weighted by Crippen LogP contribution is -2.28. The summed E-state index contributed by atoms with van der Waals surface area (Å²) in [5, 5.41) is 17.9. The number of methoxy groups -OCH3 is 4. The van der Waals surface area contributed by atoms with Crippen LogP contribution in [0.2, 0.25) is 0 Å². The lowest BCUT2D eigenvalue weighted by molar-refractivity contribution is -0.149. The predicted octanol–water partition coefficient (Wildman–Crippen LogP) is 3.32. The molecule has 0 atom stereocenters. The number of carbonyl (C=O) groups is 6. The highest BCUT2D eigenvalue weighted by molar-refractivity contribution is 5.90. The van der Waals surface area contributed by atoms with Gasteiger partial charge >= 0.3 is 35.9 Å². The molecule has 1 amide bonds. The summed E-state index contributed by atoms with van der Waals surface area (Å²) in [6, 6.07) is 0. The van der Waals surface area contributed by atoms with Crippen molar-refractivity contribution in [2.24, 2.45) is 0 Å². The van der Waals surface area contributed by atoms with Gasteiger partial charge in [0, 0.05) is 11.6 Å². The number of ether oxygens (including phenoxy) is 4. The Kier molecular flexibility index (Phi) is 66.7. The van der Waals surface area contributed by atoms with Gasteiger partial charge in [-0.1, -0.05) is 50.3 Å². The maximum Gasteiger partial charge on any atom is 0.407 e. The molecule has 0 spiro atoms. The Balaban J connectivity index is -0.0000000354. The summed E-state index contributed by atoms with van der Waals surface area (Å²) in [6.45, 7) is 7.70. The molecule has 0 aromatic rings. The summed E-state index contributed by atoms with van der Waals surface area (Å²) >= 11 is 0. The summed E-state index contributed by atoms with van der Waals surface area (Å²) in [5.41, 5.74) is 0.433. The summed E-state index contributed by atoms with van der Waals surface area (Å²) in [5.74, 6) is -3.73. The summed E-state index contributed by atoms with van der Waals surface area (Å²) in [7, 11) is 4.95. The normalized spacial score (nSPS) is 6.66. The van der Waals surface area contributed by atoms with Crippen molar-refractivity contribution < 1.29 is 57.9 Å². The first-order chi connectivity index (χ1) is 13.8. The van der Waals surface area contributed by atoms with Crippen molar-refractivity contribution in [3.63, 3.8) is 0 Å². The number of esters is 3. The Morgan fingerprint density at radius 1 is 0.771 bits per heavy atom. The Bertz CT molecular complexity index is 601. The number of alkyl carbamates (subject to hydrolysis) is 1. The maximum absolute atomic E-state index is 10.2. The van der Waals surface area contributed by atoms with E-state index < -0.39 is 42.9 Å². The molecule has 0 radical (unpaired) electrons. The molecule has 0 aliphatic heterocycles. The first-order valence-corrected chi connectivity index (χ1v) is 7.59. The number of rotatable bonds is 6. The third-order valence-electron chi connectivity index (χ3n) is 1.99. The molecule has 0 rings (SSSR count). The topological polar surface area (TPSA) is 192 Å². The molecular weight excluding hydrogens is 470 g/mol. The van der Waals surface area contributed by atoms with E-state index >= 15 is 0 Å². The van der Waals surface area contributed by atoms with Gasteiger partial charge in [0.05, 0.1) is 28.4 Å². The van der Waals surface area contributed by atoms with E-state index in [1.807, 2.05) is 5.32 Å². The smallest absolute Gasteiger partial charge is 0.407 e. The van der Waals surface area contributed by atoms with Crippen molar-refractivity contribution in [3.05, 3.63) is 24.8 Å². The lowest BCUT2D eigenvalue weighted by atomic mass is 10.4. The molecule has 212 valence electrons. The lowest BCUT2D eigenvalue weighted by Gasteiger charge is -1.96. The van der Waals surface area contributed by atoms with Gasteiger partial charge in [0.2, 0.25) is 0 Å². The van der Waals surface area contributed by atoms with Crippen LogP contribution in [0.25, 0.3) is 0 Å². The van der Waals surface area contributed by atoms with Crippen LogP contribution in [0.4, 0.5) is 4.79 Å². The van der Waals surface area contributed by atoms with E-state index in [4.69, 9.17) is 10.2 Å². The van der Waals surface area contributed by atoms with Gasteiger partial charge in [-0.2, -0.15) is 0 Å². The van der Waals surface area contributed by atoms with Crippen LogP contribution in [0.1, 0.15) is 50.5 Å². The van der Waals surface area contributed by atoms with Crippen LogP contribution in [0.15, 0.2) is 24.8 Å². The highest BCUT2D eigenvalue weighted by atomic mass is 16.5. The maximum atomic E-state index is 10.2. The number of carboxylic acid groups (broad SMARTS) is 2. The van der Waals surface area contributed by atoms with E-state index in [-0.39, 0.29) is 43.1 Å². The van der Waals surface area contributed by atoms with E-state index in [1.54, 1.807) is 6.92 Å². The minimum absolute atomic E-state index is 0. The van der Waals surface area contributed by atoms with E-state index in [0.717, 1.165) is 20.3 Å². The SMILES string of the molecule is C.C.C.C.C.C=C(C)C(=O)OC.C=CC(=O)OC.COC(=O)CC(=O)O.COC(=O)NCC(=O)O. The fraction of sp³-hybridized carbons (Fsp3) is 0.545. The predicted molar refractivity (Wildman–Crippen MR) is 135 cm³/mol. The van der Waals surface area contributed by atoms with Gasteiger partial charge in [-0.25, -0.2) is 14.4 Å². The molecule has 0 saturated heterocycles. The van der Waals surface area contributed by atoms with Crippen LogP contribution in [-0.2, 0) is 42.9 Å². The largest absolute Gasteiger partial charge is 0.481 e. The Hall–Kier alpha value is -3.90. The number of hydrogen-bond donors (Lipinski definition) is 3. The Morgan fingerprint density at radius 3 is 1.31 bits per heavy atom. The molecule has 0 heterocycles. The summed E-state index contributed by atoms with van der Waals surface area (Å²) in [6.07, 6.45) is -0.186. The van der Waals surface area contributed by atoms with Gasteiger partial charge in [0.15, 0.2) is 0 Å². The third-order valence-corrected chi connectivity index (χ3v) is 1.99. The number of carbonyl (C=O) groups excluding carboxylic acids is 4. The molecule has 13 nitrogen and oxygen atoms in total. The van der Waals surface area contributed by atoms with Crippen molar-refractivity contribution in [2.45, 2.75) is 50.5 Å². The monoisotopic (exact) mass is 517 g/mol. The summed E-state index contributed by atoms with van der Waals surface area (Å²) < 4.78 is 16.5. The molecule has 3 N–H and O–H groups in total. The zero-order valence-corrected chi connectivity index (χ0v) is 17.4. The van der Waals surface area contributed by atoms with Crippen molar-refractivity contribution >= 4 is 35.9 Å². The quantitative estimate of drug-likeness (QED) is 0.202. The second-order valence-electron chi connectivity index (χ2n) is 4.38. The zero-order valence-electron chi connectivity index (χ0n) is 17.4. The average Bonchev–Trinajstić information content (AvgIpc) is 2.71. The molecule has 0 saturated carbocycles. The van der Waals surface area contributed by atoms with Gasteiger partial charge in [0.1, 0.15) is 13.0 Å². The first kappa shape index (κ1) is 57.7. The van der Waals surface area contributed by atoms with Crippen molar-refractivity contribution in [3.8, 4) is 0 Å². The van der Waals surface area contributed by atoms with E-state index in [1.165, 1.54) is 14.2 Å². The highest BCUT2D eigenvalue weighted by Gasteiger charge is 2.04. The second kappa shape index (κ2) is 40.5. The fourth-order valence-electron chi connectivity index (χ4n) is 0.673. The molecule has 0 aliphatic carbocycles. The first-order valence-electron chi connectivity index (χ1n) is 7.59. The van der Waals surface area contributed by atoms with Gasteiger partial charge in [-0.3, -0.25) is 14.4 Å². The Labute approximate surface area is 210 Å². The van der Waals surface area contributed by atoms with E-state index in [2.05, 4.69) is 32.1 Å². The molecule has 0 aliphatic rings. The third kappa shape index (κ3) is 65.1. The van der Waals surface area contributed by atoms with Crippen LogP contribution in [0.3, 0.4) is 0 Å². The molecule has 0 fully saturated rings. The van der Waals surface area contributed by atoms with Gasteiger partial charge in [-0.15, -0.1) is 0 Å². The van der Waals surface area contributed by atoms with Crippen LogP contribution >= 0.6 is 0 Å². The molecule has 35 heavy (non-hydrogen) atoms. The molecule has 0 bridgehead atoms. The van der Waals surface area contributed by atoms with Crippen LogP contribution < -0.4 is 5.32 Å². The molecular formula is C22H47NO12. The van der Waals surface area contributed by atoms with E-state index in [0.29, 0.717) is 5.57 Å². The average molecular weight is 518 g/mol. The standard InChI is InChI=1S/C5H8O2.C4H7NO4.C4H6O4.C4H6O2.5CH4/c1-4(2)5(6)7-3;1-9-4(8)5-2-3(6)7;1-8-4(7)2-3(5)6;1-3-4(5)6-2;;;;;/h1H2,2-3H3;2H2,1H3,(H,5,8)(H,6,7);2H2,1H3,(H,5,6);3H,1H2,2H3;5*1H4.